The van der Waals surface area contributed by atoms with Gasteiger partial charge in [0.05, 0.1) is 5.69 Å². The molecule has 24 heavy (non-hydrogen) atoms. The molecule has 0 aliphatic heterocycles. The minimum atomic E-state index is 0.446. The third kappa shape index (κ3) is 2.83. The maximum absolute atomic E-state index is 4.98. The molecule has 1 atom stereocenters. The Hall–Kier alpha value is -2.16. The molecule has 0 spiro atoms. The molecule has 0 aromatic carbocycles. The number of hydrogen-bond acceptors (Lipinski definition) is 2. The quantitative estimate of drug-likeness (QED) is 0.628. The Morgan fingerprint density at radius 1 is 1.17 bits per heavy atom. The van der Waals surface area contributed by atoms with Crippen molar-refractivity contribution in [1.82, 2.24) is 14.5 Å². The van der Waals surface area contributed by atoms with Gasteiger partial charge in [0.15, 0.2) is 0 Å². The molecule has 3 rings (SSSR count). The summed E-state index contributed by atoms with van der Waals surface area (Å²) in [6.45, 7) is 11.0. The van der Waals surface area contributed by atoms with Crippen molar-refractivity contribution < 1.29 is 0 Å². The van der Waals surface area contributed by atoms with Crippen LogP contribution in [0.15, 0.2) is 30.6 Å². The molecule has 0 aliphatic rings. The highest BCUT2D eigenvalue weighted by molar-refractivity contribution is 5.85. The molecule has 0 saturated heterocycles. The second-order valence-corrected chi connectivity index (χ2v) is 7.16. The Kier molecular flexibility index (Phi) is 4.44. The summed E-state index contributed by atoms with van der Waals surface area (Å²) < 4.78 is 2.15. The smallest absolute Gasteiger partial charge is 0.140 e. The molecule has 3 nitrogen and oxygen atoms in total. The molecule has 0 fully saturated rings. The highest BCUT2D eigenvalue weighted by atomic mass is 15.0. The van der Waals surface area contributed by atoms with Gasteiger partial charge in [-0.15, -0.1) is 0 Å². The van der Waals surface area contributed by atoms with Crippen LogP contribution in [-0.2, 0) is 7.05 Å². The van der Waals surface area contributed by atoms with Crippen LogP contribution < -0.4 is 0 Å². The van der Waals surface area contributed by atoms with Crippen molar-refractivity contribution in [3.8, 4) is 11.3 Å². The lowest BCUT2D eigenvalue weighted by Gasteiger charge is -2.10. The van der Waals surface area contributed by atoms with Crippen molar-refractivity contribution >= 4 is 11.0 Å². The number of fused-ring (bicyclic) bond motifs is 1. The highest BCUT2D eigenvalue weighted by Crippen LogP contribution is 2.32. The fraction of sp³-hybridized carbons (Fsp3) is 0.429. The summed E-state index contributed by atoms with van der Waals surface area (Å²) in [5.41, 5.74) is 6.89. The third-order valence-electron chi connectivity index (χ3n) is 4.97. The third-order valence-corrected chi connectivity index (χ3v) is 4.97. The normalized spacial score (nSPS) is 13.0. The molecular weight excluding hydrogens is 294 g/mol. The molecule has 0 saturated carbocycles. The van der Waals surface area contributed by atoms with Crippen LogP contribution in [0.1, 0.15) is 62.8 Å². The Bertz CT molecular complexity index is 857. The minimum absolute atomic E-state index is 0.446. The van der Waals surface area contributed by atoms with E-state index in [0.29, 0.717) is 11.8 Å². The van der Waals surface area contributed by atoms with E-state index in [0.717, 1.165) is 29.0 Å². The monoisotopic (exact) mass is 321 g/mol. The summed E-state index contributed by atoms with van der Waals surface area (Å²) in [6.07, 6.45) is 5.32. The molecule has 1 unspecified atom stereocenters. The number of pyridine rings is 2. The minimum Gasteiger partial charge on any atom is -0.335 e. The zero-order chi connectivity index (χ0) is 17.4. The van der Waals surface area contributed by atoms with E-state index in [4.69, 9.17) is 4.98 Å². The van der Waals surface area contributed by atoms with E-state index >= 15 is 0 Å². The number of aromatic nitrogens is 3. The number of aryl methyl sites for hydroxylation is 2. The summed E-state index contributed by atoms with van der Waals surface area (Å²) >= 11 is 0. The van der Waals surface area contributed by atoms with Crippen LogP contribution in [0.5, 0.6) is 0 Å². The molecule has 0 aliphatic carbocycles. The second kappa shape index (κ2) is 6.39. The Morgan fingerprint density at radius 3 is 2.50 bits per heavy atom. The average molecular weight is 321 g/mol. The van der Waals surface area contributed by atoms with Gasteiger partial charge in [0, 0.05) is 36.1 Å². The molecular formula is C21H27N3. The summed E-state index contributed by atoms with van der Waals surface area (Å²) in [6, 6.07) is 6.54. The topological polar surface area (TPSA) is 30.7 Å². The van der Waals surface area contributed by atoms with Crippen molar-refractivity contribution in [2.24, 2.45) is 7.05 Å². The van der Waals surface area contributed by atoms with Crippen LogP contribution in [0, 0.1) is 6.92 Å². The summed E-state index contributed by atoms with van der Waals surface area (Å²) in [5, 5.41) is 1.28. The first kappa shape index (κ1) is 16.7. The maximum atomic E-state index is 4.98. The lowest BCUT2D eigenvalue weighted by atomic mass is 9.97. The Labute approximate surface area is 144 Å². The van der Waals surface area contributed by atoms with E-state index in [9.17, 15) is 0 Å². The first-order valence-corrected chi connectivity index (χ1v) is 8.85. The maximum Gasteiger partial charge on any atom is 0.140 e. The number of nitrogens with zero attached hydrogens (tertiary/aromatic N) is 3. The van der Waals surface area contributed by atoms with Crippen molar-refractivity contribution in [1.29, 1.82) is 0 Å². The predicted molar refractivity (Wildman–Crippen MR) is 101 cm³/mol. The SMILES string of the molecule is CCC(C)c1cn(C)c2nc(-c3ccc(C(C)C)nc3)c(C)cc12. The van der Waals surface area contributed by atoms with Crippen molar-refractivity contribution in [3.05, 3.63) is 47.4 Å². The van der Waals surface area contributed by atoms with Crippen LogP contribution in [0.3, 0.4) is 0 Å². The van der Waals surface area contributed by atoms with E-state index in [2.05, 4.69) is 75.6 Å². The van der Waals surface area contributed by atoms with E-state index in [1.807, 2.05) is 6.20 Å². The van der Waals surface area contributed by atoms with E-state index in [1.165, 1.54) is 16.5 Å². The predicted octanol–water partition coefficient (Wildman–Crippen LogP) is 5.58. The van der Waals surface area contributed by atoms with Crippen LogP contribution in [0.25, 0.3) is 22.3 Å². The lowest BCUT2D eigenvalue weighted by Crippen LogP contribution is -1.96. The van der Waals surface area contributed by atoms with Gasteiger partial charge >= 0.3 is 0 Å². The number of rotatable bonds is 4. The number of hydrogen-bond donors (Lipinski definition) is 0. The van der Waals surface area contributed by atoms with Crippen LogP contribution in [0.2, 0.25) is 0 Å². The highest BCUT2D eigenvalue weighted by Gasteiger charge is 2.16. The van der Waals surface area contributed by atoms with Crippen LogP contribution in [0.4, 0.5) is 0 Å². The fourth-order valence-electron chi connectivity index (χ4n) is 3.22. The van der Waals surface area contributed by atoms with Gasteiger partial charge in [-0.3, -0.25) is 4.98 Å². The Balaban J connectivity index is 2.13. The van der Waals surface area contributed by atoms with Crippen molar-refractivity contribution in [3.63, 3.8) is 0 Å². The molecule has 3 heterocycles. The van der Waals surface area contributed by atoms with Gasteiger partial charge in [0.25, 0.3) is 0 Å². The zero-order valence-corrected chi connectivity index (χ0v) is 15.6. The van der Waals surface area contributed by atoms with Crippen LogP contribution in [-0.4, -0.2) is 14.5 Å². The standard InChI is InChI=1S/C21H27N3/c1-7-14(4)18-12-24(6)21-17(18)10-15(5)20(23-21)16-8-9-19(13(2)3)22-11-16/h8-14H,7H2,1-6H3. The van der Waals surface area contributed by atoms with Crippen molar-refractivity contribution in [2.45, 2.75) is 52.9 Å². The molecule has 3 heteroatoms. The largest absolute Gasteiger partial charge is 0.335 e. The summed E-state index contributed by atoms with van der Waals surface area (Å²) in [5.74, 6) is 0.995. The first-order chi connectivity index (χ1) is 11.4. The fourth-order valence-corrected chi connectivity index (χ4v) is 3.22. The van der Waals surface area contributed by atoms with Gasteiger partial charge < -0.3 is 4.57 Å². The molecule has 0 radical (unpaired) electrons. The molecule has 0 N–H and O–H groups in total. The van der Waals surface area contributed by atoms with Gasteiger partial charge in [0.2, 0.25) is 0 Å². The Morgan fingerprint density at radius 2 is 1.92 bits per heavy atom. The molecule has 0 bridgehead atoms. The second-order valence-electron chi connectivity index (χ2n) is 7.16. The van der Waals surface area contributed by atoms with E-state index in [1.54, 1.807) is 0 Å². The zero-order valence-electron chi connectivity index (χ0n) is 15.6. The molecule has 0 amide bonds. The van der Waals surface area contributed by atoms with E-state index in [-0.39, 0.29) is 0 Å². The van der Waals surface area contributed by atoms with Gasteiger partial charge in [-0.2, -0.15) is 0 Å². The summed E-state index contributed by atoms with van der Waals surface area (Å²) in [4.78, 5) is 9.58. The molecule has 3 aromatic rings. The van der Waals surface area contributed by atoms with Gasteiger partial charge in [-0.1, -0.05) is 27.7 Å². The molecule has 126 valence electrons. The van der Waals surface area contributed by atoms with Crippen molar-refractivity contribution in [2.75, 3.05) is 0 Å². The van der Waals surface area contributed by atoms with Crippen LogP contribution >= 0.6 is 0 Å². The lowest BCUT2D eigenvalue weighted by molar-refractivity contribution is 0.734. The molecule has 3 aromatic heterocycles. The van der Waals surface area contributed by atoms with Gasteiger partial charge in [-0.05, 0) is 54.5 Å². The average Bonchev–Trinajstić information content (AvgIpc) is 2.89. The van der Waals surface area contributed by atoms with E-state index < -0.39 is 0 Å². The first-order valence-electron chi connectivity index (χ1n) is 8.85. The van der Waals surface area contributed by atoms with Gasteiger partial charge in [0.1, 0.15) is 5.65 Å². The van der Waals surface area contributed by atoms with Gasteiger partial charge in [-0.25, -0.2) is 4.98 Å². The summed E-state index contributed by atoms with van der Waals surface area (Å²) in [7, 11) is 2.08.